The van der Waals surface area contributed by atoms with Crippen LogP contribution in [0.15, 0.2) is 115 Å². The van der Waals surface area contributed by atoms with Gasteiger partial charge in [0.25, 0.3) is 0 Å². The molecule has 0 atom stereocenters. The molecule has 0 bridgehead atoms. The molecule has 8 rings (SSSR count). The van der Waals surface area contributed by atoms with Gasteiger partial charge in [-0.05, 0) is 68.8 Å². The zero-order valence-electron chi connectivity index (χ0n) is 26.1. The minimum absolute atomic E-state index is 0.298. The fourth-order valence-electron chi connectivity index (χ4n) is 7.37. The number of fused-ring (bicyclic) bond motifs is 4. The Morgan fingerprint density at radius 3 is 1.30 bits per heavy atom. The highest BCUT2D eigenvalue weighted by atomic mass is 19.1. The van der Waals surface area contributed by atoms with Gasteiger partial charge in [-0.25, -0.2) is 23.7 Å². The maximum absolute atomic E-state index is 14.1. The molecule has 2 aliphatic carbocycles. The number of aromatic nitrogens is 3. The monoisotopic (exact) mass is 603 g/mol. The highest BCUT2D eigenvalue weighted by Gasteiger charge is 2.49. The van der Waals surface area contributed by atoms with Crippen molar-refractivity contribution in [3.8, 4) is 45.3 Å². The van der Waals surface area contributed by atoms with E-state index in [1.165, 1.54) is 45.5 Å². The van der Waals surface area contributed by atoms with E-state index in [-0.39, 0.29) is 10.8 Å². The molecule has 0 fully saturated rings. The molecule has 5 aromatic carbocycles. The molecular weight excluding hydrogens is 572 g/mol. The van der Waals surface area contributed by atoms with E-state index in [9.17, 15) is 8.78 Å². The van der Waals surface area contributed by atoms with Crippen molar-refractivity contribution in [1.29, 1.82) is 0 Å². The number of allylic oxidation sites excluding steroid dienone is 2. The Morgan fingerprint density at radius 2 is 0.826 bits per heavy atom. The number of nitrogens with zero attached hydrogens (tertiary/aromatic N) is 3. The zero-order valence-corrected chi connectivity index (χ0v) is 26.1. The van der Waals surface area contributed by atoms with Crippen LogP contribution in [0.5, 0.6) is 0 Å². The molecule has 0 saturated heterocycles. The van der Waals surface area contributed by atoms with Crippen molar-refractivity contribution >= 4 is 11.1 Å². The summed E-state index contributed by atoms with van der Waals surface area (Å²) in [5.74, 6) is 0.741. The standard InChI is InChI=1S/C41H31F2N3/c1-40(2)33-21-26(28-19-29(42)23-30(43)20-28)15-17-31(33)35-36(40)32-18-16-27(22-34(32)41(35,3)4)39-45-37(24-11-7-5-8-12-24)44-38(46-39)25-13-9-6-10-14-25/h5-23H,1-4H3. The topological polar surface area (TPSA) is 38.7 Å². The predicted molar refractivity (Wildman–Crippen MR) is 181 cm³/mol. The van der Waals surface area contributed by atoms with Gasteiger partial charge in [-0.1, -0.05) is 113 Å². The summed E-state index contributed by atoms with van der Waals surface area (Å²) in [7, 11) is 0. The lowest BCUT2D eigenvalue weighted by Gasteiger charge is -2.28. The van der Waals surface area contributed by atoms with Gasteiger partial charge >= 0.3 is 0 Å². The van der Waals surface area contributed by atoms with Gasteiger partial charge in [0, 0.05) is 33.6 Å². The van der Waals surface area contributed by atoms with E-state index in [2.05, 4.69) is 58.0 Å². The first-order valence-electron chi connectivity index (χ1n) is 15.5. The summed E-state index contributed by atoms with van der Waals surface area (Å²) in [6, 6.07) is 36.5. The highest BCUT2D eigenvalue weighted by Crippen LogP contribution is 2.63. The summed E-state index contributed by atoms with van der Waals surface area (Å²) in [5.41, 5.74) is 10.9. The van der Waals surface area contributed by atoms with Crippen molar-refractivity contribution in [3.05, 3.63) is 149 Å². The van der Waals surface area contributed by atoms with Crippen molar-refractivity contribution < 1.29 is 8.78 Å². The third-order valence-corrected chi connectivity index (χ3v) is 9.58. The van der Waals surface area contributed by atoms with Crippen molar-refractivity contribution in [1.82, 2.24) is 15.0 Å². The van der Waals surface area contributed by atoms with Crippen LogP contribution in [0.3, 0.4) is 0 Å². The van der Waals surface area contributed by atoms with Crippen molar-refractivity contribution in [2.45, 2.75) is 38.5 Å². The first-order valence-corrected chi connectivity index (χ1v) is 15.5. The molecule has 1 aromatic heterocycles. The summed E-state index contributed by atoms with van der Waals surface area (Å²) in [5, 5.41) is 0. The summed E-state index contributed by atoms with van der Waals surface area (Å²) in [6.45, 7) is 9.04. The van der Waals surface area contributed by atoms with Gasteiger partial charge in [-0.3, -0.25) is 0 Å². The van der Waals surface area contributed by atoms with E-state index in [0.29, 0.717) is 23.0 Å². The Hall–Kier alpha value is -5.29. The molecule has 0 N–H and O–H groups in total. The second-order valence-corrected chi connectivity index (χ2v) is 13.2. The molecule has 5 heteroatoms. The average molecular weight is 604 g/mol. The number of hydrogen-bond donors (Lipinski definition) is 0. The van der Waals surface area contributed by atoms with Crippen molar-refractivity contribution in [2.24, 2.45) is 0 Å². The maximum Gasteiger partial charge on any atom is 0.164 e. The molecule has 0 spiro atoms. The summed E-state index contributed by atoms with van der Waals surface area (Å²) in [6.07, 6.45) is 0. The van der Waals surface area contributed by atoms with Crippen LogP contribution in [0.2, 0.25) is 0 Å². The van der Waals surface area contributed by atoms with Crippen molar-refractivity contribution in [3.63, 3.8) is 0 Å². The lowest BCUT2D eigenvalue weighted by Crippen LogP contribution is -2.19. The van der Waals surface area contributed by atoms with Crippen LogP contribution >= 0.6 is 0 Å². The van der Waals surface area contributed by atoms with Crippen molar-refractivity contribution in [2.75, 3.05) is 0 Å². The molecule has 0 amide bonds. The van der Waals surface area contributed by atoms with Crippen LogP contribution in [0.4, 0.5) is 8.78 Å². The van der Waals surface area contributed by atoms with Gasteiger partial charge in [0.2, 0.25) is 0 Å². The maximum atomic E-state index is 14.1. The van der Waals surface area contributed by atoms with Gasteiger partial charge in [-0.15, -0.1) is 0 Å². The third-order valence-electron chi connectivity index (χ3n) is 9.58. The number of halogens is 2. The molecule has 46 heavy (non-hydrogen) atoms. The number of hydrogen-bond acceptors (Lipinski definition) is 3. The second-order valence-electron chi connectivity index (χ2n) is 13.2. The van der Waals surface area contributed by atoms with E-state index in [1.807, 2.05) is 66.7 Å². The first kappa shape index (κ1) is 28.2. The largest absolute Gasteiger partial charge is 0.208 e. The van der Waals surface area contributed by atoms with E-state index in [0.717, 1.165) is 28.3 Å². The van der Waals surface area contributed by atoms with Gasteiger partial charge in [0.05, 0.1) is 0 Å². The van der Waals surface area contributed by atoms with Crippen LogP contribution < -0.4 is 0 Å². The average Bonchev–Trinajstić information content (AvgIpc) is 3.45. The van der Waals surface area contributed by atoms with Gasteiger partial charge in [0.1, 0.15) is 11.6 Å². The Kier molecular flexibility index (Phi) is 6.20. The molecular formula is C41H31F2N3. The van der Waals surface area contributed by atoms with E-state index < -0.39 is 11.6 Å². The van der Waals surface area contributed by atoms with Crippen LogP contribution in [0.25, 0.3) is 56.4 Å². The molecule has 0 unspecified atom stereocenters. The lowest BCUT2D eigenvalue weighted by atomic mass is 9.75. The van der Waals surface area contributed by atoms with Crippen LogP contribution in [-0.2, 0) is 10.8 Å². The summed E-state index contributed by atoms with van der Waals surface area (Å²) >= 11 is 0. The van der Waals surface area contributed by atoms with Crippen LogP contribution in [0, 0.1) is 11.6 Å². The Balaban J connectivity index is 1.24. The second kappa shape index (κ2) is 10.1. The molecule has 0 radical (unpaired) electrons. The summed E-state index contributed by atoms with van der Waals surface area (Å²) in [4.78, 5) is 14.8. The molecule has 224 valence electrons. The normalized spacial score (nSPS) is 15.4. The van der Waals surface area contributed by atoms with E-state index in [4.69, 9.17) is 15.0 Å². The highest BCUT2D eigenvalue weighted by molar-refractivity contribution is 6.10. The zero-order chi connectivity index (χ0) is 31.8. The third kappa shape index (κ3) is 4.33. The van der Waals surface area contributed by atoms with Crippen LogP contribution in [0.1, 0.15) is 49.9 Å². The predicted octanol–water partition coefficient (Wildman–Crippen LogP) is 10.3. The van der Waals surface area contributed by atoms with Gasteiger partial charge in [-0.2, -0.15) is 0 Å². The first-order chi connectivity index (χ1) is 22.1. The molecule has 0 aliphatic heterocycles. The van der Waals surface area contributed by atoms with Gasteiger partial charge in [0.15, 0.2) is 17.5 Å². The molecule has 2 aliphatic rings. The fourth-order valence-corrected chi connectivity index (χ4v) is 7.37. The summed E-state index contributed by atoms with van der Waals surface area (Å²) < 4.78 is 28.2. The van der Waals surface area contributed by atoms with Gasteiger partial charge < -0.3 is 0 Å². The quantitative estimate of drug-likeness (QED) is 0.201. The smallest absolute Gasteiger partial charge is 0.164 e. The molecule has 1 heterocycles. The van der Waals surface area contributed by atoms with E-state index in [1.54, 1.807) is 0 Å². The Labute approximate surface area is 267 Å². The van der Waals surface area contributed by atoms with Crippen LogP contribution in [-0.4, -0.2) is 15.0 Å². The molecule has 3 nitrogen and oxygen atoms in total. The minimum atomic E-state index is -0.578. The van der Waals surface area contributed by atoms with E-state index >= 15 is 0 Å². The Bertz CT molecular complexity index is 2140. The number of benzene rings is 5. The minimum Gasteiger partial charge on any atom is -0.208 e. The number of rotatable bonds is 4. The fraction of sp³-hybridized carbons (Fsp3) is 0.146. The Morgan fingerprint density at radius 1 is 0.413 bits per heavy atom. The SMILES string of the molecule is CC1(C)C2=C(c3ccc(-c4cc(F)cc(F)c4)cc31)C(C)(C)c1cc(-c3nc(-c4ccccc4)nc(-c4ccccc4)n3)ccc12. The molecule has 0 saturated carbocycles. The lowest BCUT2D eigenvalue weighted by molar-refractivity contribution is 0.584. The molecule has 6 aromatic rings.